The zero-order valence-electron chi connectivity index (χ0n) is 11.7. The lowest BCUT2D eigenvalue weighted by Gasteiger charge is -2.10. The Kier molecular flexibility index (Phi) is 5.76. The van der Waals surface area contributed by atoms with E-state index in [2.05, 4.69) is 10.4 Å². The summed E-state index contributed by atoms with van der Waals surface area (Å²) in [6.45, 7) is 3.57. The predicted octanol–water partition coefficient (Wildman–Crippen LogP) is 1.76. The van der Waals surface area contributed by atoms with Gasteiger partial charge in [-0.3, -0.25) is 14.3 Å². The van der Waals surface area contributed by atoms with Crippen molar-refractivity contribution in [1.82, 2.24) is 15.1 Å². The molecule has 0 aliphatic heterocycles. The van der Waals surface area contributed by atoms with Crippen LogP contribution in [0.4, 0.5) is 0 Å². The Labute approximate surface area is 122 Å². The normalized spacial score (nSPS) is 12.6. The van der Waals surface area contributed by atoms with Crippen LogP contribution in [0.1, 0.15) is 31.0 Å². The van der Waals surface area contributed by atoms with Gasteiger partial charge in [0.05, 0.1) is 5.69 Å². The van der Waals surface area contributed by atoms with E-state index in [9.17, 15) is 9.59 Å². The SMILES string of the molecule is Cc1nn(C)c(Cl)c1C=CC(=O)NC(C)CCC(=O)O. The van der Waals surface area contributed by atoms with Gasteiger partial charge in [0.25, 0.3) is 0 Å². The number of carboxylic acid groups (broad SMARTS) is 1. The fourth-order valence-electron chi connectivity index (χ4n) is 1.70. The van der Waals surface area contributed by atoms with E-state index in [0.717, 1.165) is 5.69 Å². The highest BCUT2D eigenvalue weighted by molar-refractivity contribution is 6.31. The summed E-state index contributed by atoms with van der Waals surface area (Å²) in [7, 11) is 1.72. The molecule has 7 heteroatoms. The van der Waals surface area contributed by atoms with E-state index in [1.807, 2.05) is 0 Å². The molecule has 2 N–H and O–H groups in total. The van der Waals surface area contributed by atoms with Crippen molar-refractivity contribution in [3.63, 3.8) is 0 Å². The number of hydrogen-bond acceptors (Lipinski definition) is 3. The van der Waals surface area contributed by atoms with Gasteiger partial charge in [0.1, 0.15) is 5.15 Å². The maximum Gasteiger partial charge on any atom is 0.303 e. The van der Waals surface area contributed by atoms with Crippen molar-refractivity contribution >= 4 is 29.6 Å². The lowest BCUT2D eigenvalue weighted by atomic mass is 10.2. The minimum atomic E-state index is -0.876. The Hall–Kier alpha value is -1.82. The smallest absolute Gasteiger partial charge is 0.303 e. The van der Waals surface area contributed by atoms with E-state index in [4.69, 9.17) is 16.7 Å². The number of aryl methyl sites for hydroxylation is 2. The molecule has 6 nitrogen and oxygen atoms in total. The maximum atomic E-state index is 11.7. The largest absolute Gasteiger partial charge is 0.481 e. The van der Waals surface area contributed by atoms with Gasteiger partial charge in [0, 0.05) is 31.1 Å². The third-order valence-corrected chi connectivity index (χ3v) is 3.23. The van der Waals surface area contributed by atoms with Crippen LogP contribution in [-0.4, -0.2) is 32.8 Å². The highest BCUT2D eigenvalue weighted by Crippen LogP contribution is 2.19. The lowest BCUT2D eigenvalue weighted by molar-refractivity contribution is -0.137. The van der Waals surface area contributed by atoms with Gasteiger partial charge in [0.2, 0.25) is 5.91 Å². The monoisotopic (exact) mass is 299 g/mol. The van der Waals surface area contributed by atoms with Crippen molar-refractivity contribution in [1.29, 1.82) is 0 Å². The molecule has 110 valence electrons. The Morgan fingerprint density at radius 1 is 1.55 bits per heavy atom. The number of aromatic nitrogens is 2. The van der Waals surface area contributed by atoms with Crippen LogP contribution in [-0.2, 0) is 16.6 Å². The number of amides is 1. The number of nitrogens with one attached hydrogen (secondary N) is 1. The van der Waals surface area contributed by atoms with Crippen molar-refractivity contribution in [2.75, 3.05) is 0 Å². The molecule has 20 heavy (non-hydrogen) atoms. The molecule has 1 atom stereocenters. The fraction of sp³-hybridized carbons (Fsp3) is 0.462. The van der Waals surface area contributed by atoms with Gasteiger partial charge in [-0.1, -0.05) is 11.6 Å². The number of nitrogens with zero attached hydrogens (tertiary/aromatic N) is 2. The summed E-state index contributed by atoms with van der Waals surface area (Å²) in [5.74, 6) is -1.17. The summed E-state index contributed by atoms with van der Waals surface area (Å²) in [6.07, 6.45) is 3.39. The van der Waals surface area contributed by atoms with E-state index >= 15 is 0 Å². The number of hydrogen-bond donors (Lipinski definition) is 2. The first-order valence-electron chi connectivity index (χ1n) is 6.20. The van der Waals surface area contributed by atoms with Crippen LogP contribution in [0.2, 0.25) is 5.15 Å². The van der Waals surface area contributed by atoms with Crippen molar-refractivity contribution in [2.45, 2.75) is 32.7 Å². The van der Waals surface area contributed by atoms with E-state index in [-0.39, 0.29) is 18.4 Å². The quantitative estimate of drug-likeness (QED) is 0.784. The molecule has 1 aromatic heterocycles. The third-order valence-electron chi connectivity index (χ3n) is 2.78. The van der Waals surface area contributed by atoms with Gasteiger partial charge in [-0.15, -0.1) is 0 Å². The average Bonchev–Trinajstić information content (AvgIpc) is 2.59. The summed E-state index contributed by atoms with van der Waals surface area (Å²) in [6, 6.07) is -0.200. The number of carbonyl (C=O) groups is 2. The zero-order chi connectivity index (χ0) is 15.3. The Balaban J connectivity index is 2.57. The zero-order valence-corrected chi connectivity index (χ0v) is 12.4. The van der Waals surface area contributed by atoms with Gasteiger partial charge < -0.3 is 10.4 Å². The molecule has 1 rings (SSSR count). The molecular weight excluding hydrogens is 282 g/mol. The highest BCUT2D eigenvalue weighted by atomic mass is 35.5. The summed E-state index contributed by atoms with van der Waals surface area (Å²) < 4.78 is 1.53. The van der Waals surface area contributed by atoms with E-state index < -0.39 is 5.97 Å². The standard InChI is InChI=1S/C13H18ClN3O3/c1-8(4-7-12(19)20)15-11(18)6-5-10-9(2)16-17(3)13(10)14/h5-6,8H,4,7H2,1-3H3,(H,15,18)(H,19,20). The molecule has 1 unspecified atom stereocenters. The number of rotatable bonds is 6. The molecular formula is C13H18ClN3O3. The Morgan fingerprint density at radius 3 is 2.70 bits per heavy atom. The Morgan fingerprint density at radius 2 is 2.20 bits per heavy atom. The van der Waals surface area contributed by atoms with Gasteiger partial charge in [-0.25, -0.2) is 0 Å². The van der Waals surface area contributed by atoms with Gasteiger partial charge in [-0.05, 0) is 26.3 Å². The minimum absolute atomic E-state index is 0.0265. The molecule has 0 fully saturated rings. The van der Waals surface area contributed by atoms with E-state index in [1.165, 1.54) is 10.8 Å². The number of halogens is 1. The van der Waals surface area contributed by atoms with Crippen molar-refractivity contribution < 1.29 is 14.7 Å². The van der Waals surface area contributed by atoms with Crippen molar-refractivity contribution in [3.05, 3.63) is 22.5 Å². The topological polar surface area (TPSA) is 84.2 Å². The first-order valence-corrected chi connectivity index (χ1v) is 6.58. The molecule has 1 heterocycles. The molecule has 0 saturated carbocycles. The molecule has 0 bridgehead atoms. The second kappa shape index (κ2) is 7.09. The molecule has 0 saturated heterocycles. The van der Waals surface area contributed by atoms with E-state index in [0.29, 0.717) is 17.1 Å². The number of carboxylic acids is 1. The maximum absolute atomic E-state index is 11.7. The summed E-state index contributed by atoms with van der Waals surface area (Å²) in [5, 5.41) is 15.9. The first-order chi connectivity index (χ1) is 9.31. The molecule has 0 aliphatic carbocycles. The second-order valence-electron chi connectivity index (χ2n) is 4.59. The van der Waals surface area contributed by atoms with Crippen LogP contribution in [0.5, 0.6) is 0 Å². The molecule has 1 aromatic rings. The number of carbonyl (C=O) groups excluding carboxylic acids is 1. The summed E-state index contributed by atoms with van der Waals surface area (Å²) in [4.78, 5) is 22.1. The van der Waals surface area contributed by atoms with Crippen LogP contribution in [0.25, 0.3) is 6.08 Å². The van der Waals surface area contributed by atoms with Crippen LogP contribution in [0.15, 0.2) is 6.08 Å². The Bertz CT molecular complexity index is 537. The van der Waals surface area contributed by atoms with Crippen LogP contribution in [0.3, 0.4) is 0 Å². The van der Waals surface area contributed by atoms with Crippen LogP contribution >= 0.6 is 11.6 Å². The molecule has 0 aromatic carbocycles. The van der Waals surface area contributed by atoms with Gasteiger partial charge in [0.15, 0.2) is 0 Å². The summed E-state index contributed by atoms with van der Waals surface area (Å²) >= 11 is 6.04. The number of aliphatic carboxylic acids is 1. The first kappa shape index (κ1) is 16.2. The average molecular weight is 300 g/mol. The van der Waals surface area contributed by atoms with Crippen LogP contribution < -0.4 is 5.32 Å². The third kappa shape index (κ3) is 4.70. The molecule has 0 radical (unpaired) electrons. The lowest BCUT2D eigenvalue weighted by Crippen LogP contribution is -2.31. The highest BCUT2D eigenvalue weighted by Gasteiger charge is 2.10. The van der Waals surface area contributed by atoms with Crippen LogP contribution in [0, 0.1) is 6.92 Å². The molecule has 0 spiro atoms. The van der Waals surface area contributed by atoms with Gasteiger partial charge in [-0.2, -0.15) is 5.10 Å². The predicted molar refractivity (Wildman–Crippen MR) is 76.5 cm³/mol. The molecule has 1 amide bonds. The molecule has 0 aliphatic rings. The van der Waals surface area contributed by atoms with Crippen molar-refractivity contribution in [3.8, 4) is 0 Å². The minimum Gasteiger partial charge on any atom is -0.481 e. The fourth-order valence-corrected chi connectivity index (χ4v) is 1.94. The summed E-state index contributed by atoms with van der Waals surface area (Å²) in [5.41, 5.74) is 1.43. The van der Waals surface area contributed by atoms with Gasteiger partial charge >= 0.3 is 5.97 Å². The second-order valence-corrected chi connectivity index (χ2v) is 4.95. The van der Waals surface area contributed by atoms with Crippen molar-refractivity contribution in [2.24, 2.45) is 7.05 Å². The van der Waals surface area contributed by atoms with E-state index in [1.54, 1.807) is 27.0 Å².